The van der Waals surface area contributed by atoms with Crippen LogP contribution < -0.4 is 0 Å². The molecule has 0 saturated carbocycles. The molecule has 1 aromatic heterocycles. The van der Waals surface area contributed by atoms with E-state index in [1.54, 1.807) is 41.0 Å². The highest BCUT2D eigenvalue weighted by Crippen LogP contribution is 2.18. The fourth-order valence-electron chi connectivity index (χ4n) is 1.41. The summed E-state index contributed by atoms with van der Waals surface area (Å²) in [5.41, 5.74) is 0. The molecule has 1 atom stereocenters. The standard InChI is InChI=1S/C11H12FN3OS2/c1-18(16)11-14-13-8-15(11)6-7-17-10-4-2-9(12)3-5-10/h2-5,8H,6-7H2,1H3/t18-/m1/s1. The monoisotopic (exact) mass is 285 g/mol. The Hall–Kier alpha value is -1.21. The Balaban J connectivity index is 1.90. The Morgan fingerprint density at radius 3 is 2.78 bits per heavy atom. The summed E-state index contributed by atoms with van der Waals surface area (Å²) in [6, 6.07) is 6.36. The van der Waals surface area contributed by atoms with E-state index < -0.39 is 10.8 Å². The third-order valence-electron chi connectivity index (χ3n) is 2.25. The van der Waals surface area contributed by atoms with Crippen LogP contribution in [0.5, 0.6) is 0 Å². The molecule has 0 bridgehead atoms. The van der Waals surface area contributed by atoms with Crippen LogP contribution in [-0.4, -0.2) is 31.0 Å². The first kappa shape index (κ1) is 13.2. The molecule has 0 aliphatic rings. The van der Waals surface area contributed by atoms with Gasteiger partial charge in [0.1, 0.15) is 12.1 Å². The van der Waals surface area contributed by atoms with Crippen molar-refractivity contribution in [3.8, 4) is 0 Å². The lowest BCUT2D eigenvalue weighted by molar-refractivity contribution is 0.626. The molecule has 0 radical (unpaired) electrons. The Morgan fingerprint density at radius 1 is 1.39 bits per heavy atom. The molecule has 0 saturated heterocycles. The van der Waals surface area contributed by atoms with Crippen molar-refractivity contribution < 1.29 is 8.60 Å². The van der Waals surface area contributed by atoms with E-state index in [-0.39, 0.29) is 5.82 Å². The van der Waals surface area contributed by atoms with Gasteiger partial charge in [-0.3, -0.25) is 4.21 Å². The molecule has 96 valence electrons. The molecule has 7 heteroatoms. The van der Waals surface area contributed by atoms with Gasteiger partial charge in [0, 0.05) is 23.4 Å². The molecule has 0 amide bonds. The van der Waals surface area contributed by atoms with Crippen LogP contribution in [0.1, 0.15) is 0 Å². The number of hydrogen-bond acceptors (Lipinski definition) is 4. The zero-order valence-electron chi connectivity index (χ0n) is 9.75. The SMILES string of the molecule is C[S@@](=O)c1nncn1CCSc1ccc(F)cc1. The van der Waals surface area contributed by atoms with Crippen LogP contribution in [0.4, 0.5) is 4.39 Å². The van der Waals surface area contributed by atoms with Gasteiger partial charge in [-0.05, 0) is 24.3 Å². The first-order valence-electron chi connectivity index (χ1n) is 5.26. The van der Waals surface area contributed by atoms with Crippen LogP contribution in [0.25, 0.3) is 0 Å². The van der Waals surface area contributed by atoms with E-state index in [9.17, 15) is 8.60 Å². The van der Waals surface area contributed by atoms with Crippen LogP contribution in [0.2, 0.25) is 0 Å². The van der Waals surface area contributed by atoms with Gasteiger partial charge in [0.25, 0.3) is 0 Å². The molecular weight excluding hydrogens is 273 g/mol. The maximum absolute atomic E-state index is 12.7. The summed E-state index contributed by atoms with van der Waals surface area (Å²) >= 11 is 1.61. The van der Waals surface area contributed by atoms with Crippen molar-refractivity contribution >= 4 is 22.6 Å². The van der Waals surface area contributed by atoms with Crippen molar-refractivity contribution in [3.63, 3.8) is 0 Å². The molecular formula is C11H12FN3OS2. The van der Waals surface area contributed by atoms with Crippen molar-refractivity contribution in [2.24, 2.45) is 0 Å². The van der Waals surface area contributed by atoms with Gasteiger partial charge < -0.3 is 4.57 Å². The second-order valence-corrected chi connectivity index (χ2v) is 6.01. The summed E-state index contributed by atoms with van der Waals surface area (Å²) in [6.07, 6.45) is 3.15. The Kier molecular flexibility index (Phi) is 4.48. The van der Waals surface area contributed by atoms with Crippen molar-refractivity contribution in [2.75, 3.05) is 12.0 Å². The quantitative estimate of drug-likeness (QED) is 0.788. The highest BCUT2D eigenvalue weighted by Gasteiger charge is 2.07. The fourth-order valence-corrected chi connectivity index (χ4v) is 2.90. The average Bonchev–Trinajstić information content (AvgIpc) is 2.80. The third-order valence-corrected chi connectivity index (χ3v) is 4.07. The molecule has 2 aromatic rings. The number of nitrogens with zero attached hydrogens (tertiary/aromatic N) is 3. The van der Waals surface area contributed by atoms with Gasteiger partial charge in [-0.25, -0.2) is 4.39 Å². The van der Waals surface area contributed by atoms with Gasteiger partial charge in [-0.15, -0.1) is 22.0 Å². The third kappa shape index (κ3) is 3.39. The van der Waals surface area contributed by atoms with Crippen molar-refractivity contribution in [3.05, 3.63) is 36.4 Å². The van der Waals surface area contributed by atoms with Crippen molar-refractivity contribution in [2.45, 2.75) is 16.6 Å². The van der Waals surface area contributed by atoms with Crippen molar-refractivity contribution in [1.29, 1.82) is 0 Å². The predicted molar refractivity (Wildman–Crippen MR) is 69.5 cm³/mol. The molecule has 0 spiro atoms. The number of aromatic nitrogens is 3. The average molecular weight is 285 g/mol. The molecule has 2 rings (SSSR count). The topological polar surface area (TPSA) is 47.8 Å². The van der Waals surface area contributed by atoms with Crippen LogP contribution >= 0.6 is 11.8 Å². The van der Waals surface area contributed by atoms with Gasteiger partial charge in [-0.2, -0.15) is 0 Å². The van der Waals surface area contributed by atoms with E-state index in [0.717, 1.165) is 10.6 Å². The zero-order valence-corrected chi connectivity index (χ0v) is 11.4. The Morgan fingerprint density at radius 2 is 2.11 bits per heavy atom. The summed E-state index contributed by atoms with van der Waals surface area (Å²) in [7, 11) is -1.13. The fraction of sp³-hybridized carbons (Fsp3) is 0.273. The maximum Gasteiger partial charge on any atom is 0.221 e. The van der Waals surface area contributed by atoms with E-state index in [0.29, 0.717) is 11.7 Å². The summed E-state index contributed by atoms with van der Waals surface area (Å²) in [4.78, 5) is 1.00. The lowest BCUT2D eigenvalue weighted by Gasteiger charge is -2.04. The van der Waals surface area contributed by atoms with Gasteiger partial charge in [0.05, 0.1) is 10.8 Å². The van der Waals surface area contributed by atoms with E-state index in [2.05, 4.69) is 10.2 Å². The van der Waals surface area contributed by atoms with Crippen LogP contribution in [-0.2, 0) is 17.3 Å². The molecule has 18 heavy (non-hydrogen) atoms. The number of hydrogen-bond donors (Lipinski definition) is 0. The van der Waals surface area contributed by atoms with E-state index in [1.807, 2.05) is 0 Å². The Labute approximate surface area is 111 Å². The van der Waals surface area contributed by atoms with E-state index in [1.165, 1.54) is 12.1 Å². The molecule has 0 N–H and O–H groups in total. The largest absolute Gasteiger partial charge is 0.306 e. The van der Waals surface area contributed by atoms with Crippen LogP contribution in [0.3, 0.4) is 0 Å². The number of benzene rings is 1. The number of thioether (sulfide) groups is 1. The van der Waals surface area contributed by atoms with Crippen molar-refractivity contribution in [1.82, 2.24) is 14.8 Å². The highest BCUT2D eigenvalue weighted by molar-refractivity contribution is 7.99. The summed E-state index contributed by atoms with van der Waals surface area (Å²) in [6.45, 7) is 0.671. The second-order valence-electron chi connectivity index (χ2n) is 3.56. The second kappa shape index (κ2) is 6.10. The van der Waals surface area contributed by atoms with E-state index >= 15 is 0 Å². The van der Waals surface area contributed by atoms with E-state index in [4.69, 9.17) is 0 Å². The zero-order chi connectivity index (χ0) is 13.0. The summed E-state index contributed by atoms with van der Waals surface area (Å²) < 4.78 is 25.8. The number of rotatable bonds is 5. The molecule has 4 nitrogen and oxygen atoms in total. The minimum Gasteiger partial charge on any atom is -0.306 e. The first-order valence-corrected chi connectivity index (χ1v) is 7.81. The Bertz CT molecular complexity index is 541. The lowest BCUT2D eigenvalue weighted by Crippen LogP contribution is -2.05. The summed E-state index contributed by atoms with van der Waals surface area (Å²) in [5.74, 6) is 0.551. The molecule has 0 unspecified atom stereocenters. The number of aryl methyl sites for hydroxylation is 1. The van der Waals surface area contributed by atoms with Gasteiger partial charge in [-0.1, -0.05) is 0 Å². The predicted octanol–water partition coefficient (Wildman–Crippen LogP) is 1.95. The minimum atomic E-state index is -1.13. The van der Waals surface area contributed by atoms with Crippen LogP contribution in [0.15, 0.2) is 40.6 Å². The maximum atomic E-state index is 12.7. The highest BCUT2D eigenvalue weighted by atomic mass is 32.2. The number of halogens is 1. The van der Waals surface area contributed by atoms with Gasteiger partial charge in [0.15, 0.2) is 0 Å². The first-order chi connectivity index (χ1) is 8.66. The molecule has 0 aliphatic heterocycles. The van der Waals surface area contributed by atoms with Gasteiger partial charge >= 0.3 is 0 Å². The van der Waals surface area contributed by atoms with Gasteiger partial charge in [0.2, 0.25) is 5.16 Å². The van der Waals surface area contributed by atoms with Crippen LogP contribution in [0, 0.1) is 5.82 Å². The minimum absolute atomic E-state index is 0.234. The lowest BCUT2D eigenvalue weighted by atomic mass is 10.4. The molecule has 1 aromatic carbocycles. The molecule has 1 heterocycles. The normalized spacial score (nSPS) is 12.6. The molecule has 0 aliphatic carbocycles. The smallest absolute Gasteiger partial charge is 0.221 e. The molecule has 0 fully saturated rings. The summed E-state index contributed by atoms with van der Waals surface area (Å²) in [5, 5.41) is 8.03.